The van der Waals surface area contributed by atoms with Crippen LogP contribution in [0.1, 0.15) is 24.2 Å². The maximum Gasteiger partial charge on any atom is 0.128 e. The van der Waals surface area contributed by atoms with E-state index in [-0.39, 0.29) is 5.56 Å². The first-order valence-corrected chi connectivity index (χ1v) is 5.84. The van der Waals surface area contributed by atoms with Crippen molar-refractivity contribution in [3.8, 4) is 5.75 Å². The first kappa shape index (κ1) is 13.5. The van der Waals surface area contributed by atoms with Crippen LogP contribution in [0, 0.1) is 0 Å². The van der Waals surface area contributed by atoms with Crippen molar-refractivity contribution >= 4 is 5.97 Å². The van der Waals surface area contributed by atoms with Gasteiger partial charge in [-0.2, -0.15) is 0 Å². The van der Waals surface area contributed by atoms with Gasteiger partial charge in [-0.3, -0.25) is 0 Å². The number of aromatic carboxylic acids is 1. The summed E-state index contributed by atoms with van der Waals surface area (Å²) in [7, 11) is 0. The molecule has 0 aliphatic rings. The summed E-state index contributed by atoms with van der Waals surface area (Å²) in [6.45, 7) is 7.35. The Bertz CT molecular complexity index is 361. The molecule has 1 aromatic carbocycles. The second kappa shape index (κ2) is 6.91. The summed E-state index contributed by atoms with van der Waals surface area (Å²) in [4.78, 5) is 13.0. The molecule has 1 rings (SSSR count). The van der Waals surface area contributed by atoms with E-state index in [2.05, 4.69) is 18.7 Å². The highest BCUT2D eigenvalue weighted by Crippen LogP contribution is 2.16. The van der Waals surface area contributed by atoms with Gasteiger partial charge in [-0.05, 0) is 25.2 Å². The Morgan fingerprint density at radius 1 is 1.29 bits per heavy atom. The third kappa shape index (κ3) is 4.07. The molecule has 0 unspecified atom stereocenters. The standard InChI is InChI=1S/C13H19NO3/c1-3-14(4-2)9-10-17-12-8-6-5-7-11(12)13(15)16/h5-8H,3-4,9-10H2,1-2H3,(H,15,16)/p-1. The van der Waals surface area contributed by atoms with Crippen molar-refractivity contribution in [2.24, 2.45) is 0 Å². The van der Waals surface area contributed by atoms with Gasteiger partial charge in [-0.15, -0.1) is 0 Å². The minimum atomic E-state index is -1.21. The second-order valence-corrected chi connectivity index (χ2v) is 3.66. The van der Waals surface area contributed by atoms with Gasteiger partial charge in [0.2, 0.25) is 0 Å². The topological polar surface area (TPSA) is 52.6 Å². The van der Waals surface area contributed by atoms with Gasteiger partial charge >= 0.3 is 0 Å². The van der Waals surface area contributed by atoms with E-state index in [1.807, 2.05) is 0 Å². The zero-order valence-corrected chi connectivity index (χ0v) is 10.3. The van der Waals surface area contributed by atoms with E-state index in [9.17, 15) is 9.90 Å². The fourth-order valence-electron chi connectivity index (χ4n) is 1.59. The lowest BCUT2D eigenvalue weighted by Crippen LogP contribution is -2.28. The molecule has 0 saturated carbocycles. The minimum Gasteiger partial charge on any atom is -0.545 e. The smallest absolute Gasteiger partial charge is 0.128 e. The summed E-state index contributed by atoms with van der Waals surface area (Å²) in [5.74, 6) is -0.830. The van der Waals surface area contributed by atoms with Gasteiger partial charge in [-0.1, -0.05) is 26.0 Å². The fourth-order valence-corrected chi connectivity index (χ4v) is 1.59. The van der Waals surface area contributed by atoms with E-state index >= 15 is 0 Å². The minimum absolute atomic E-state index is 0.104. The number of carboxylic acid groups (broad SMARTS) is 1. The molecule has 0 aliphatic heterocycles. The Hall–Kier alpha value is -1.55. The number of hydrogen-bond acceptors (Lipinski definition) is 4. The molecule has 4 heteroatoms. The normalized spacial score (nSPS) is 10.5. The Kier molecular flexibility index (Phi) is 5.49. The van der Waals surface area contributed by atoms with Gasteiger partial charge < -0.3 is 19.5 Å². The molecule has 0 aromatic heterocycles. The van der Waals surface area contributed by atoms with Crippen LogP contribution in [0.3, 0.4) is 0 Å². The zero-order chi connectivity index (χ0) is 12.7. The molecule has 94 valence electrons. The predicted octanol–water partition coefficient (Wildman–Crippen LogP) is 0.771. The van der Waals surface area contributed by atoms with E-state index in [1.165, 1.54) is 6.07 Å². The molecule has 0 amide bonds. The van der Waals surface area contributed by atoms with Crippen molar-refractivity contribution in [2.75, 3.05) is 26.2 Å². The van der Waals surface area contributed by atoms with Crippen LogP contribution in [0.2, 0.25) is 0 Å². The molecule has 0 bridgehead atoms. The van der Waals surface area contributed by atoms with E-state index < -0.39 is 5.97 Å². The molecule has 17 heavy (non-hydrogen) atoms. The first-order chi connectivity index (χ1) is 8.19. The highest BCUT2D eigenvalue weighted by Gasteiger charge is 2.04. The number of hydrogen-bond donors (Lipinski definition) is 0. The summed E-state index contributed by atoms with van der Waals surface area (Å²) in [5, 5.41) is 10.8. The molecule has 0 fully saturated rings. The molecular weight excluding hydrogens is 218 g/mol. The van der Waals surface area contributed by atoms with Gasteiger partial charge in [0.05, 0.1) is 5.97 Å². The Labute approximate surface area is 102 Å². The number of benzene rings is 1. The maximum atomic E-state index is 10.8. The third-order valence-electron chi connectivity index (χ3n) is 2.67. The summed E-state index contributed by atoms with van der Waals surface area (Å²) in [6.07, 6.45) is 0. The maximum absolute atomic E-state index is 10.8. The van der Waals surface area contributed by atoms with Gasteiger partial charge in [0.25, 0.3) is 0 Å². The van der Waals surface area contributed by atoms with Gasteiger partial charge in [0.15, 0.2) is 0 Å². The first-order valence-electron chi connectivity index (χ1n) is 5.84. The monoisotopic (exact) mass is 236 g/mol. The van der Waals surface area contributed by atoms with Crippen LogP contribution in [0.15, 0.2) is 24.3 Å². The van der Waals surface area contributed by atoms with E-state index in [1.54, 1.807) is 18.2 Å². The predicted molar refractivity (Wildman–Crippen MR) is 64.1 cm³/mol. The average molecular weight is 236 g/mol. The number of nitrogens with zero attached hydrogens (tertiary/aromatic N) is 1. The van der Waals surface area contributed by atoms with Crippen LogP contribution in [0.25, 0.3) is 0 Å². The molecule has 0 heterocycles. The highest BCUT2D eigenvalue weighted by molar-refractivity contribution is 5.89. The number of carbonyl (C=O) groups is 1. The van der Waals surface area contributed by atoms with Crippen molar-refractivity contribution in [2.45, 2.75) is 13.8 Å². The zero-order valence-electron chi connectivity index (χ0n) is 10.3. The largest absolute Gasteiger partial charge is 0.545 e. The molecule has 0 atom stereocenters. The summed E-state index contributed by atoms with van der Waals surface area (Å²) in [6, 6.07) is 6.54. The molecule has 0 spiro atoms. The summed E-state index contributed by atoms with van der Waals surface area (Å²) in [5.41, 5.74) is 0.104. The lowest BCUT2D eigenvalue weighted by molar-refractivity contribution is -0.255. The number of rotatable bonds is 7. The number of ether oxygens (including phenoxy) is 1. The summed E-state index contributed by atoms with van der Waals surface area (Å²) < 4.78 is 5.47. The second-order valence-electron chi connectivity index (χ2n) is 3.66. The van der Waals surface area contributed by atoms with Crippen LogP contribution >= 0.6 is 0 Å². The lowest BCUT2D eigenvalue weighted by Gasteiger charge is -2.19. The Morgan fingerprint density at radius 3 is 2.53 bits per heavy atom. The lowest BCUT2D eigenvalue weighted by atomic mass is 10.2. The van der Waals surface area contributed by atoms with Crippen LogP contribution in [0.4, 0.5) is 0 Å². The number of carbonyl (C=O) groups excluding carboxylic acids is 1. The number of para-hydroxylation sites is 1. The van der Waals surface area contributed by atoms with Gasteiger partial charge in [0.1, 0.15) is 12.4 Å². The molecular formula is C13H18NO3-. The summed E-state index contributed by atoms with van der Waals surface area (Å²) >= 11 is 0. The molecule has 0 aliphatic carbocycles. The van der Waals surface area contributed by atoms with Crippen molar-refractivity contribution in [3.05, 3.63) is 29.8 Å². The van der Waals surface area contributed by atoms with Gasteiger partial charge in [-0.25, -0.2) is 0 Å². The Balaban J connectivity index is 2.54. The molecule has 1 aromatic rings. The molecule has 0 radical (unpaired) electrons. The van der Waals surface area contributed by atoms with Crippen molar-refractivity contribution < 1.29 is 14.6 Å². The van der Waals surface area contributed by atoms with Crippen LogP contribution in [0.5, 0.6) is 5.75 Å². The van der Waals surface area contributed by atoms with E-state index in [4.69, 9.17) is 4.74 Å². The van der Waals surface area contributed by atoms with Crippen molar-refractivity contribution in [1.82, 2.24) is 4.90 Å². The van der Waals surface area contributed by atoms with Crippen LogP contribution in [-0.2, 0) is 0 Å². The molecule has 0 saturated heterocycles. The fraction of sp³-hybridized carbons (Fsp3) is 0.462. The SMILES string of the molecule is CCN(CC)CCOc1ccccc1C(=O)[O-]. The van der Waals surface area contributed by atoms with E-state index in [0.29, 0.717) is 12.4 Å². The van der Waals surface area contributed by atoms with Gasteiger partial charge in [0, 0.05) is 12.1 Å². The van der Waals surface area contributed by atoms with Crippen molar-refractivity contribution in [1.29, 1.82) is 0 Å². The van der Waals surface area contributed by atoms with E-state index in [0.717, 1.165) is 19.6 Å². The van der Waals surface area contributed by atoms with Crippen LogP contribution in [-0.4, -0.2) is 37.1 Å². The third-order valence-corrected chi connectivity index (χ3v) is 2.67. The average Bonchev–Trinajstić information content (AvgIpc) is 2.35. The quantitative estimate of drug-likeness (QED) is 0.701. The Morgan fingerprint density at radius 2 is 1.94 bits per heavy atom. The van der Waals surface area contributed by atoms with Crippen LogP contribution < -0.4 is 9.84 Å². The molecule has 4 nitrogen and oxygen atoms in total. The number of carboxylic acids is 1. The number of likely N-dealkylation sites (N-methyl/N-ethyl adjacent to an activating group) is 1. The van der Waals surface area contributed by atoms with Crippen molar-refractivity contribution in [3.63, 3.8) is 0 Å². The molecule has 0 N–H and O–H groups in total. The highest BCUT2D eigenvalue weighted by atomic mass is 16.5.